The molecule has 1 heterocycles. The Kier molecular flexibility index (Phi) is 3.48. The summed E-state index contributed by atoms with van der Waals surface area (Å²) in [5.41, 5.74) is 0.442. The molecule has 6 nitrogen and oxygen atoms in total. The number of rotatable bonds is 5. The molecule has 0 bridgehead atoms. The molecule has 0 spiro atoms. The minimum Gasteiger partial charge on any atom is -0.284 e. The van der Waals surface area contributed by atoms with E-state index in [0.717, 1.165) is 0 Å². The normalized spacial score (nSPS) is 11.9. The van der Waals surface area contributed by atoms with E-state index in [1.807, 2.05) is 0 Å². The van der Waals surface area contributed by atoms with Crippen molar-refractivity contribution >= 4 is 15.9 Å². The van der Waals surface area contributed by atoms with E-state index in [0.29, 0.717) is 18.8 Å². The molecule has 0 aliphatic heterocycles. The Morgan fingerprint density at radius 2 is 2.14 bits per heavy atom. The van der Waals surface area contributed by atoms with Gasteiger partial charge in [-0.3, -0.25) is 9.82 Å². The van der Waals surface area contributed by atoms with Crippen LogP contribution < -0.4 is 4.72 Å². The average Bonchev–Trinajstić information content (AvgIpc) is 2.57. The zero-order chi connectivity index (χ0) is 10.6. The van der Waals surface area contributed by atoms with Crippen LogP contribution in [0.25, 0.3) is 0 Å². The maximum atomic E-state index is 11.6. The SMILES string of the molecule is CCN(CC)S(=O)(=O)Nc1cn[nH]c1. The van der Waals surface area contributed by atoms with Crippen LogP contribution in [0, 0.1) is 0 Å². The Balaban J connectivity index is 2.76. The van der Waals surface area contributed by atoms with Gasteiger partial charge in [0.05, 0.1) is 11.9 Å². The zero-order valence-electron chi connectivity index (χ0n) is 8.19. The van der Waals surface area contributed by atoms with E-state index >= 15 is 0 Å². The van der Waals surface area contributed by atoms with E-state index in [1.165, 1.54) is 16.7 Å². The number of H-pyrrole nitrogens is 1. The lowest BCUT2D eigenvalue weighted by Crippen LogP contribution is -2.35. The van der Waals surface area contributed by atoms with Gasteiger partial charge in [-0.2, -0.15) is 17.8 Å². The molecule has 0 saturated carbocycles. The first-order valence-electron chi connectivity index (χ1n) is 4.36. The van der Waals surface area contributed by atoms with Crippen LogP contribution in [-0.2, 0) is 10.2 Å². The summed E-state index contributed by atoms with van der Waals surface area (Å²) < 4.78 is 27.0. The first-order chi connectivity index (χ1) is 6.60. The number of hydrogen-bond acceptors (Lipinski definition) is 3. The van der Waals surface area contributed by atoms with Crippen molar-refractivity contribution in [1.29, 1.82) is 0 Å². The molecule has 0 unspecified atom stereocenters. The molecule has 1 aromatic heterocycles. The van der Waals surface area contributed by atoms with Gasteiger partial charge >= 0.3 is 10.2 Å². The smallest absolute Gasteiger partial charge is 0.284 e. The number of anilines is 1. The number of nitrogens with zero attached hydrogens (tertiary/aromatic N) is 2. The summed E-state index contributed by atoms with van der Waals surface area (Å²) in [6.45, 7) is 4.48. The van der Waals surface area contributed by atoms with E-state index in [4.69, 9.17) is 0 Å². The summed E-state index contributed by atoms with van der Waals surface area (Å²) in [4.78, 5) is 0. The summed E-state index contributed by atoms with van der Waals surface area (Å²) in [5.74, 6) is 0. The first kappa shape index (κ1) is 11.0. The van der Waals surface area contributed by atoms with Crippen molar-refractivity contribution in [3.63, 3.8) is 0 Å². The summed E-state index contributed by atoms with van der Waals surface area (Å²) >= 11 is 0. The molecule has 0 fully saturated rings. The zero-order valence-corrected chi connectivity index (χ0v) is 9.00. The van der Waals surface area contributed by atoms with Gasteiger partial charge in [-0.1, -0.05) is 13.8 Å². The third-order valence-corrected chi connectivity index (χ3v) is 3.48. The van der Waals surface area contributed by atoms with Crippen molar-refractivity contribution in [1.82, 2.24) is 14.5 Å². The maximum Gasteiger partial charge on any atom is 0.301 e. The summed E-state index contributed by atoms with van der Waals surface area (Å²) in [5, 5.41) is 6.18. The molecule has 0 saturated heterocycles. The quantitative estimate of drug-likeness (QED) is 0.751. The molecule has 14 heavy (non-hydrogen) atoms. The highest BCUT2D eigenvalue weighted by Crippen LogP contribution is 2.08. The minimum atomic E-state index is -3.42. The molecule has 0 aromatic carbocycles. The van der Waals surface area contributed by atoms with Crippen LogP contribution in [0.2, 0.25) is 0 Å². The highest BCUT2D eigenvalue weighted by Gasteiger charge is 2.18. The van der Waals surface area contributed by atoms with E-state index in [9.17, 15) is 8.42 Å². The van der Waals surface area contributed by atoms with Gasteiger partial charge in [0.25, 0.3) is 0 Å². The fraction of sp³-hybridized carbons (Fsp3) is 0.571. The van der Waals surface area contributed by atoms with Gasteiger partial charge in [-0.15, -0.1) is 0 Å². The molecule has 0 amide bonds. The largest absolute Gasteiger partial charge is 0.301 e. The molecule has 0 aliphatic rings. The monoisotopic (exact) mass is 218 g/mol. The fourth-order valence-corrected chi connectivity index (χ4v) is 2.30. The molecule has 0 atom stereocenters. The van der Waals surface area contributed by atoms with Gasteiger partial charge in [0.2, 0.25) is 0 Å². The van der Waals surface area contributed by atoms with Crippen molar-refractivity contribution in [2.75, 3.05) is 17.8 Å². The van der Waals surface area contributed by atoms with E-state index in [-0.39, 0.29) is 0 Å². The van der Waals surface area contributed by atoms with Crippen LogP contribution in [0.5, 0.6) is 0 Å². The molecular weight excluding hydrogens is 204 g/mol. The second-order valence-corrected chi connectivity index (χ2v) is 4.35. The van der Waals surface area contributed by atoms with Crippen molar-refractivity contribution < 1.29 is 8.42 Å². The summed E-state index contributed by atoms with van der Waals surface area (Å²) in [6.07, 6.45) is 2.90. The van der Waals surface area contributed by atoms with Gasteiger partial charge in [0.1, 0.15) is 0 Å². The molecular formula is C7H14N4O2S. The van der Waals surface area contributed by atoms with Crippen molar-refractivity contribution in [3.8, 4) is 0 Å². The lowest BCUT2D eigenvalue weighted by molar-refractivity contribution is 0.449. The van der Waals surface area contributed by atoms with Crippen LogP contribution in [0.3, 0.4) is 0 Å². The Morgan fingerprint density at radius 3 is 2.57 bits per heavy atom. The van der Waals surface area contributed by atoms with E-state index < -0.39 is 10.2 Å². The lowest BCUT2D eigenvalue weighted by Gasteiger charge is -2.18. The Hall–Kier alpha value is -1.08. The van der Waals surface area contributed by atoms with Crippen molar-refractivity contribution in [2.24, 2.45) is 0 Å². The Labute approximate surface area is 83.5 Å². The topological polar surface area (TPSA) is 78.1 Å². The molecule has 1 aromatic rings. The predicted octanol–water partition coefficient (Wildman–Crippen LogP) is 0.408. The van der Waals surface area contributed by atoms with Gasteiger partial charge in [0.15, 0.2) is 0 Å². The average molecular weight is 218 g/mol. The van der Waals surface area contributed by atoms with Crippen molar-refractivity contribution in [2.45, 2.75) is 13.8 Å². The Morgan fingerprint density at radius 1 is 1.50 bits per heavy atom. The second-order valence-electron chi connectivity index (χ2n) is 2.68. The predicted molar refractivity (Wildman–Crippen MR) is 54.1 cm³/mol. The lowest BCUT2D eigenvalue weighted by atomic mass is 10.6. The van der Waals surface area contributed by atoms with Crippen LogP contribution >= 0.6 is 0 Å². The van der Waals surface area contributed by atoms with Crippen molar-refractivity contribution in [3.05, 3.63) is 12.4 Å². The molecule has 2 N–H and O–H groups in total. The minimum absolute atomic E-state index is 0.442. The first-order valence-corrected chi connectivity index (χ1v) is 5.80. The Bertz CT molecular complexity index is 355. The van der Waals surface area contributed by atoms with Gasteiger partial charge in [-0.05, 0) is 0 Å². The number of aromatic nitrogens is 2. The van der Waals surface area contributed by atoms with Crippen LogP contribution in [-0.4, -0.2) is 36.0 Å². The van der Waals surface area contributed by atoms with Crippen LogP contribution in [0.1, 0.15) is 13.8 Å². The van der Waals surface area contributed by atoms with Gasteiger partial charge in [0, 0.05) is 19.3 Å². The van der Waals surface area contributed by atoms with E-state index in [2.05, 4.69) is 14.9 Å². The molecule has 7 heteroatoms. The van der Waals surface area contributed by atoms with Crippen LogP contribution in [0.4, 0.5) is 5.69 Å². The third-order valence-electron chi connectivity index (χ3n) is 1.79. The summed E-state index contributed by atoms with van der Waals surface area (Å²) in [7, 11) is -3.42. The number of aromatic amines is 1. The number of hydrogen-bond donors (Lipinski definition) is 2. The third kappa shape index (κ3) is 2.46. The maximum absolute atomic E-state index is 11.6. The van der Waals surface area contributed by atoms with Crippen LogP contribution in [0.15, 0.2) is 12.4 Å². The van der Waals surface area contributed by atoms with E-state index in [1.54, 1.807) is 13.8 Å². The second kappa shape index (κ2) is 4.43. The standard InChI is InChI=1S/C7H14N4O2S/c1-3-11(4-2)14(12,13)10-7-5-8-9-6-7/h5-6,10H,3-4H2,1-2H3,(H,8,9). The fourth-order valence-electron chi connectivity index (χ4n) is 1.08. The molecule has 80 valence electrons. The summed E-state index contributed by atoms with van der Waals surface area (Å²) in [6, 6.07) is 0. The van der Waals surface area contributed by atoms with Gasteiger partial charge in [-0.25, -0.2) is 0 Å². The molecule has 0 radical (unpaired) electrons. The van der Waals surface area contributed by atoms with Gasteiger partial charge < -0.3 is 0 Å². The highest BCUT2D eigenvalue weighted by atomic mass is 32.2. The molecule has 0 aliphatic carbocycles. The number of nitrogens with one attached hydrogen (secondary N) is 2. The molecule has 1 rings (SSSR count). The highest BCUT2D eigenvalue weighted by molar-refractivity contribution is 7.90.